The van der Waals surface area contributed by atoms with E-state index < -0.39 is 0 Å². The number of carbonyl (C=O) groups is 2. The van der Waals surface area contributed by atoms with E-state index in [-0.39, 0.29) is 11.8 Å². The number of hydrogen-bond acceptors (Lipinski definition) is 5. The van der Waals surface area contributed by atoms with Gasteiger partial charge in [0.1, 0.15) is 5.75 Å². The fourth-order valence-corrected chi connectivity index (χ4v) is 3.45. The monoisotopic (exact) mass is 378 g/mol. The Kier molecular flexibility index (Phi) is 4.88. The fourth-order valence-electron chi connectivity index (χ4n) is 3.45. The zero-order valence-electron chi connectivity index (χ0n) is 16.0. The van der Waals surface area contributed by atoms with Crippen LogP contribution in [0.15, 0.2) is 48.7 Å². The third-order valence-corrected chi connectivity index (χ3v) is 5.03. The van der Waals surface area contributed by atoms with Crippen molar-refractivity contribution in [3.05, 3.63) is 65.4 Å². The Bertz CT molecular complexity index is 944. The van der Waals surface area contributed by atoms with Crippen LogP contribution in [0.25, 0.3) is 5.57 Å². The molecule has 1 saturated heterocycles. The molecule has 6 heteroatoms. The first-order valence-corrected chi connectivity index (χ1v) is 9.26. The quantitative estimate of drug-likeness (QED) is 0.607. The van der Waals surface area contributed by atoms with E-state index in [1.165, 1.54) is 4.90 Å². The maximum absolute atomic E-state index is 13.4. The smallest absolute Gasteiger partial charge is 0.267 e. The summed E-state index contributed by atoms with van der Waals surface area (Å²) >= 11 is 0. The van der Waals surface area contributed by atoms with Gasteiger partial charge in [0.15, 0.2) is 0 Å². The maximum atomic E-state index is 13.4. The van der Waals surface area contributed by atoms with E-state index in [4.69, 9.17) is 9.47 Å². The number of nitrogens with zero attached hydrogens (tertiary/aromatic N) is 2. The summed E-state index contributed by atoms with van der Waals surface area (Å²) in [7, 11) is 1.56. The number of hydrogen-bond donors (Lipinski definition) is 0. The van der Waals surface area contributed by atoms with Gasteiger partial charge in [-0.05, 0) is 37.3 Å². The fraction of sp³-hybridized carbons (Fsp3) is 0.273. The minimum Gasteiger partial charge on any atom is -0.497 e. The second-order valence-corrected chi connectivity index (χ2v) is 6.88. The average molecular weight is 378 g/mol. The van der Waals surface area contributed by atoms with Gasteiger partial charge in [-0.25, -0.2) is 4.90 Å². The van der Waals surface area contributed by atoms with Crippen molar-refractivity contribution in [2.24, 2.45) is 0 Å². The lowest BCUT2D eigenvalue weighted by Crippen LogP contribution is -2.43. The van der Waals surface area contributed by atoms with Crippen molar-refractivity contribution in [3.63, 3.8) is 0 Å². The van der Waals surface area contributed by atoms with Crippen LogP contribution in [-0.2, 0) is 9.53 Å². The molecule has 1 fully saturated rings. The van der Waals surface area contributed by atoms with Crippen LogP contribution in [0.5, 0.6) is 5.75 Å². The molecule has 2 amide bonds. The molecule has 0 unspecified atom stereocenters. The summed E-state index contributed by atoms with van der Waals surface area (Å²) in [4.78, 5) is 29.9. The molecule has 2 aromatic rings. The summed E-state index contributed by atoms with van der Waals surface area (Å²) in [6, 6.07) is 12.6. The summed E-state index contributed by atoms with van der Waals surface area (Å²) in [5.74, 6) is -0.0871. The van der Waals surface area contributed by atoms with Gasteiger partial charge < -0.3 is 14.4 Å². The topological polar surface area (TPSA) is 59.1 Å². The van der Waals surface area contributed by atoms with Crippen LogP contribution in [0, 0.1) is 6.92 Å². The van der Waals surface area contributed by atoms with Crippen LogP contribution in [0.2, 0.25) is 0 Å². The van der Waals surface area contributed by atoms with Crippen LogP contribution in [-0.4, -0.2) is 50.1 Å². The Balaban J connectivity index is 1.84. The van der Waals surface area contributed by atoms with Crippen molar-refractivity contribution in [2.75, 3.05) is 38.3 Å². The van der Waals surface area contributed by atoms with Gasteiger partial charge >= 0.3 is 0 Å². The molecule has 0 aromatic heterocycles. The molecule has 6 nitrogen and oxygen atoms in total. The SMILES string of the molecule is COc1ccc2c(c1)C(=O)N(c1ccc(C)cc1)C(=O)/C2=C/N1CCOCC1. The number of imide groups is 1. The average Bonchev–Trinajstić information content (AvgIpc) is 2.73. The van der Waals surface area contributed by atoms with E-state index >= 15 is 0 Å². The molecule has 4 rings (SSSR count). The normalized spacial score (nSPS) is 18.4. The van der Waals surface area contributed by atoms with E-state index in [1.54, 1.807) is 37.4 Å². The lowest BCUT2D eigenvalue weighted by Gasteiger charge is -2.31. The molecule has 2 heterocycles. The van der Waals surface area contributed by atoms with E-state index in [0.717, 1.165) is 5.56 Å². The number of fused-ring (bicyclic) bond motifs is 1. The third kappa shape index (κ3) is 3.27. The zero-order valence-corrected chi connectivity index (χ0v) is 16.0. The predicted octanol–water partition coefficient (Wildman–Crippen LogP) is 2.86. The highest BCUT2D eigenvalue weighted by Crippen LogP contribution is 2.34. The molecule has 144 valence electrons. The van der Waals surface area contributed by atoms with E-state index in [9.17, 15) is 9.59 Å². The molecule has 28 heavy (non-hydrogen) atoms. The molecular formula is C22H22N2O4. The van der Waals surface area contributed by atoms with Crippen molar-refractivity contribution in [1.82, 2.24) is 4.90 Å². The van der Waals surface area contributed by atoms with Crippen LogP contribution in [0.4, 0.5) is 5.69 Å². The van der Waals surface area contributed by atoms with Crippen LogP contribution < -0.4 is 9.64 Å². The van der Waals surface area contributed by atoms with Gasteiger partial charge in [0.05, 0.1) is 37.1 Å². The second-order valence-electron chi connectivity index (χ2n) is 6.88. The minimum absolute atomic E-state index is 0.321. The molecule has 0 N–H and O–H groups in total. The molecule has 2 aromatic carbocycles. The number of rotatable bonds is 3. The molecule has 0 aliphatic carbocycles. The van der Waals surface area contributed by atoms with Gasteiger partial charge in [-0.1, -0.05) is 17.7 Å². The summed E-state index contributed by atoms with van der Waals surface area (Å²) in [6.07, 6.45) is 1.85. The van der Waals surface area contributed by atoms with Crippen molar-refractivity contribution in [2.45, 2.75) is 6.92 Å². The molecule has 0 saturated carbocycles. The standard InChI is InChI=1S/C22H22N2O4/c1-15-3-5-16(6-4-15)24-21(25)19-13-17(27-2)7-8-18(19)20(22(24)26)14-23-9-11-28-12-10-23/h3-8,13-14H,9-12H2,1-2H3/b20-14+. The first kappa shape index (κ1) is 18.3. The molecule has 0 radical (unpaired) electrons. The van der Waals surface area contributed by atoms with Gasteiger partial charge in [0, 0.05) is 24.9 Å². The number of amides is 2. The van der Waals surface area contributed by atoms with Crippen molar-refractivity contribution in [1.29, 1.82) is 0 Å². The van der Waals surface area contributed by atoms with Crippen molar-refractivity contribution < 1.29 is 19.1 Å². The summed E-state index contributed by atoms with van der Waals surface area (Å²) < 4.78 is 10.7. The second kappa shape index (κ2) is 7.48. The number of ether oxygens (including phenoxy) is 2. The summed E-state index contributed by atoms with van der Waals surface area (Å²) in [5, 5.41) is 0. The largest absolute Gasteiger partial charge is 0.497 e. The number of anilines is 1. The predicted molar refractivity (Wildman–Crippen MR) is 106 cm³/mol. The Morgan fingerprint density at radius 2 is 1.68 bits per heavy atom. The molecule has 0 bridgehead atoms. The van der Waals surface area contributed by atoms with Crippen molar-refractivity contribution >= 4 is 23.1 Å². The lowest BCUT2D eigenvalue weighted by atomic mass is 9.93. The highest BCUT2D eigenvalue weighted by Gasteiger charge is 2.36. The molecule has 2 aliphatic rings. The lowest BCUT2D eigenvalue weighted by molar-refractivity contribution is -0.112. The van der Waals surface area contributed by atoms with Crippen LogP contribution >= 0.6 is 0 Å². The highest BCUT2D eigenvalue weighted by atomic mass is 16.5. The summed E-state index contributed by atoms with van der Waals surface area (Å²) in [6.45, 7) is 4.62. The van der Waals surface area contributed by atoms with Gasteiger partial charge in [0.2, 0.25) is 0 Å². The van der Waals surface area contributed by atoms with E-state index in [1.807, 2.05) is 25.3 Å². The van der Waals surface area contributed by atoms with Gasteiger partial charge in [-0.15, -0.1) is 0 Å². The van der Waals surface area contributed by atoms with Gasteiger partial charge in [0.25, 0.3) is 11.8 Å². The Morgan fingerprint density at radius 3 is 2.36 bits per heavy atom. The van der Waals surface area contributed by atoms with Gasteiger partial charge in [-0.3, -0.25) is 9.59 Å². The number of benzene rings is 2. The minimum atomic E-state index is -0.345. The van der Waals surface area contributed by atoms with Gasteiger partial charge in [-0.2, -0.15) is 0 Å². The first-order chi connectivity index (χ1) is 13.6. The number of morpholine rings is 1. The van der Waals surface area contributed by atoms with E-state index in [2.05, 4.69) is 4.90 Å². The number of aryl methyl sites for hydroxylation is 1. The highest BCUT2D eigenvalue weighted by molar-refractivity contribution is 6.41. The Hall–Kier alpha value is -3.12. The van der Waals surface area contributed by atoms with Crippen LogP contribution in [0.3, 0.4) is 0 Å². The molecule has 0 atom stereocenters. The number of carbonyl (C=O) groups excluding carboxylic acids is 2. The Labute approximate surface area is 164 Å². The molecular weight excluding hydrogens is 356 g/mol. The third-order valence-electron chi connectivity index (χ3n) is 5.03. The first-order valence-electron chi connectivity index (χ1n) is 9.26. The number of methoxy groups -OCH3 is 1. The molecule has 2 aliphatic heterocycles. The zero-order chi connectivity index (χ0) is 19.7. The maximum Gasteiger partial charge on any atom is 0.267 e. The molecule has 0 spiro atoms. The van der Waals surface area contributed by atoms with Crippen molar-refractivity contribution in [3.8, 4) is 5.75 Å². The Morgan fingerprint density at radius 1 is 0.964 bits per heavy atom. The van der Waals surface area contributed by atoms with Crippen LogP contribution in [0.1, 0.15) is 21.5 Å². The van der Waals surface area contributed by atoms with E-state index in [0.29, 0.717) is 54.4 Å². The summed E-state index contributed by atoms with van der Waals surface area (Å²) in [5.41, 5.74) is 3.21.